The Bertz CT molecular complexity index is 856. The number of fused-ring (bicyclic) bond motifs is 2. The van der Waals surface area contributed by atoms with Crippen LogP contribution >= 0.6 is 0 Å². The lowest BCUT2D eigenvalue weighted by Crippen LogP contribution is -2.41. The second-order valence-electron chi connectivity index (χ2n) is 8.56. The molecule has 1 saturated carbocycles. The van der Waals surface area contributed by atoms with Gasteiger partial charge in [-0.05, 0) is 43.6 Å². The zero-order chi connectivity index (χ0) is 18.4. The molecular formula is C21H27N5O. The highest BCUT2D eigenvalue weighted by Crippen LogP contribution is 2.33. The molecule has 0 spiro atoms. The number of aryl methyl sites for hydroxylation is 1. The minimum atomic E-state index is -0.0495. The monoisotopic (exact) mass is 365 g/mol. The fourth-order valence-corrected chi connectivity index (χ4v) is 4.79. The maximum atomic E-state index is 12.6. The molecule has 6 heteroatoms. The zero-order valence-electron chi connectivity index (χ0n) is 15.9. The van der Waals surface area contributed by atoms with Crippen LogP contribution in [0.2, 0.25) is 0 Å². The lowest BCUT2D eigenvalue weighted by Gasteiger charge is -2.28. The number of aromatic nitrogens is 3. The van der Waals surface area contributed by atoms with Crippen molar-refractivity contribution in [3.63, 3.8) is 0 Å². The molecule has 2 fully saturated rings. The molecule has 1 aromatic carbocycles. The highest BCUT2D eigenvalue weighted by molar-refractivity contribution is 5.91. The van der Waals surface area contributed by atoms with Crippen molar-refractivity contribution in [3.05, 3.63) is 47.0 Å². The number of hydrogen-bond acceptors (Lipinski definition) is 4. The van der Waals surface area contributed by atoms with Crippen LogP contribution < -0.4 is 5.32 Å². The Labute approximate surface area is 160 Å². The summed E-state index contributed by atoms with van der Waals surface area (Å²) in [6.45, 7) is 6.21. The van der Waals surface area contributed by atoms with Crippen LogP contribution in [0.25, 0.3) is 0 Å². The summed E-state index contributed by atoms with van der Waals surface area (Å²) in [5.74, 6) is 2.63. The Morgan fingerprint density at radius 2 is 2.04 bits per heavy atom. The molecule has 2 aliphatic heterocycles. The van der Waals surface area contributed by atoms with Crippen molar-refractivity contribution >= 4 is 5.91 Å². The van der Waals surface area contributed by atoms with E-state index >= 15 is 0 Å². The Morgan fingerprint density at radius 1 is 1.19 bits per heavy atom. The van der Waals surface area contributed by atoms with Crippen molar-refractivity contribution in [2.24, 2.45) is 11.8 Å². The third-order valence-electron chi connectivity index (χ3n) is 6.47. The van der Waals surface area contributed by atoms with Crippen molar-refractivity contribution in [1.29, 1.82) is 0 Å². The van der Waals surface area contributed by atoms with Crippen LogP contribution in [0.15, 0.2) is 24.3 Å². The molecule has 5 rings (SSSR count). The van der Waals surface area contributed by atoms with Gasteiger partial charge in [0, 0.05) is 38.6 Å². The second-order valence-corrected chi connectivity index (χ2v) is 8.56. The highest BCUT2D eigenvalue weighted by atomic mass is 16.2. The van der Waals surface area contributed by atoms with Gasteiger partial charge in [0.2, 0.25) is 5.82 Å². The zero-order valence-corrected chi connectivity index (χ0v) is 15.9. The maximum Gasteiger partial charge on any atom is 0.289 e. The molecule has 1 N–H and O–H groups in total. The molecule has 1 saturated heterocycles. The van der Waals surface area contributed by atoms with Gasteiger partial charge < -0.3 is 9.88 Å². The minimum Gasteiger partial charge on any atom is -0.347 e. The van der Waals surface area contributed by atoms with Crippen LogP contribution in [0.5, 0.6) is 0 Å². The normalized spacial score (nSPS) is 24.9. The predicted octanol–water partition coefficient (Wildman–Crippen LogP) is 2.17. The Morgan fingerprint density at radius 3 is 2.81 bits per heavy atom. The van der Waals surface area contributed by atoms with Crippen molar-refractivity contribution in [3.8, 4) is 0 Å². The summed E-state index contributed by atoms with van der Waals surface area (Å²) >= 11 is 0. The summed E-state index contributed by atoms with van der Waals surface area (Å²) in [6.07, 6.45) is 4.32. The number of amides is 1. The molecule has 3 aliphatic rings. The number of carbonyl (C=O) groups is 1. The number of hydrogen-bond donors (Lipinski definition) is 1. The molecule has 1 aliphatic carbocycles. The number of benzene rings is 1. The molecule has 27 heavy (non-hydrogen) atoms. The van der Waals surface area contributed by atoms with E-state index in [0.717, 1.165) is 51.3 Å². The summed E-state index contributed by atoms with van der Waals surface area (Å²) < 4.78 is 2.07. The minimum absolute atomic E-state index is 0.0495. The SMILES string of the molecule is Cc1cccc(CN2C[C@H]3Cc4nnc(C(=O)NC5CCC5)n4C[C@@H]3C2)c1. The van der Waals surface area contributed by atoms with E-state index in [9.17, 15) is 4.79 Å². The van der Waals surface area contributed by atoms with Crippen molar-refractivity contribution < 1.29 is 4.79 Å². The summed E-state index contributed by atoms with van der Waals surface area (Å²) in [5.41, 5.74) is 2.70. The van der Waals surface area contributed by atoms with Gasteiger partial charge in [-0.25, -0.2) is 0 Å². The molecule has 142 valence electrons. The van der Waals surface area contributed by atoms with Gasteiger partial charge in [0.25, 0.3) is 5.91 Å². The number of rotatable bonds is 4. The Kier molecular flexibility index (Phi) is 4.23. The predicted molar refractivity (Wildman–Crippen MR) is 102 cm³/mol. The van der Waals surface area contributed by atoms with Gasteiger partial charge in [0.15, 0.2) is 0 Å². The second kappa shape index (κ2) is 6.75. The molecule has 1 amide bonds. The smallest absolute Gasteiger partial charge is 0.289 e. The standard InChI is InChI=1S/C21H27N5O/c1-14-4-2-5-15(8-14)10-25-11-16-9-19-23-24-20(26(19)13-17(16)12-25)21(27)22-18-6-3-7-18/h2,4-5,8,16-18H,3,6-7,9-13H2,1H3,(H,22,27)/t16-,17+/m1/s1. The lowest BCUT2D eigenvalue weighted by molar-refractivity contribution is 0.0898. The topological polar surface area (TPSA) is 63.1 Å². The van der Waals surface area contributed by atoms with Gasteiger partial charge in [0.1, 0.15) is 5.82 Å². The van der Waals surface area contributed by atoms with Crippen molar-refractivity contribution in [1.82, 2.24) is 25.0 Å². The van der Waals surface area contributed by atoms with E-state index in [1.165, 1.54) is 17.5 Å². The van der Waals surface area contributed by atoms with Crippen molar-refractivity contribution in [2.75, 3.05) is 13.1 Å². The highest BCUT2D eigenvalue weighted by Gasteiger charge is 2.39. The van der Waals surface area contributed by atoms with Crippen LogP contribution in [-0.4, -0.2) is 44.7 Å². The Hall–Kier alpha value is -2.21. The molecule has 6 nitrogen and oxygen atoms in total. The van der Waals surface area contributed by atoms with Gasteiger partial charge in [0.05, 0.1) is 0 Å². The largest absolute Gasteiger partial charge is 0.347 e. The summed E-state index contributed by atoms with van der Waals surface area (Å²) in [7, 11) is 0. The van der Waals surface area contributed by atoms with Crippen LogP contribution in [0.3, 0.4) is 0 Å². The number of nitrogens with zero attached hydrogens (tertiary/aromatic N) is 4. The van der Waals surface area contributed by atoms with Gasteiger partial charge >= 0.3 is 0 Å². The van der Waals surface area contributed by atoms with E-state index in [4.69, 9.17) is 0 Å². The third-order valence-corrected chi connectivity index (χ3v) is 6.47. The van der Waals surface area contributed by atoms with Crippen LogP contribution in [0.4, 0.5) is 0 Å². The summed E-state index contributed by atoms with van der Waals surface area (Å²) in [6, 6.07) is 9.11. The van der Waals surface area contributed by atoms with E-state index in [1.807, 2.05) is 0 Å². The van der Waals surface area contributed by atoms with E-state index < -0.39 is 0 Å². The van der Waals surface area contributed by atoms with E-state index in [1.54, 1.807) is 0 Å². The van der Waals surface area contributed by atoms with Crippen LogP contribution in [0.1, 0.15) is 46.8 Å². The maximum absolute atomic E-state index is 12.6. The molecule has 0 radical (unpaired) electrons. The number of nitrogens with one attached hydrogen (secondary N) is 1. The van der Waals surface area contributed by atoms with Crippen molar-refractivity contribution in [2.45, 2.75) is 51.7 Å². The van der Waals surface area contributed by atoms with Gasteiger partial charge in [-0.2, -0.15) is 0 Å². The van der Waals surface area contributed by atoms with Crippen LogP contribution in [0, 0.1) is 18.8 Å². The molecule has 2 aromatic rings. The first-order valence-electron chi connectivity index (χ1n) is 10.2. The van der Waals surface area contributed by atoms with E-state index in [0.29, 0.717) is 23.7 Å². The van der Waals surface area contributed by atoms with Gasteiger partial charge in [-0.1, -0.05) is 29.8 Å². The third kappa shape index (κ3) is 3.27. The number of carbonyl (C=O) groups excluding carboxylic acids is 1. The van der Waals surface area contributed by atoms with E-state index in [2.05, 4.69) is 56.2 Å². The quantitative estimate of drug-likeness (QED) is 0.902. The average molecular weight is 365 g/mol. The first kappa shape index (κ1) is 16.9. The summed E-state index contributed by atoms with van der Waals surface area (Å²) in [5, 5.41) is 11.7. The molecule has 0 unspecified atom stereocenters. The molecule has 3 heterocycles. The summed E-state index contributed by atoms with van der Waals surface area (Å²) in [4.78, 5) is 15.1. The van der Waals surface area contributed by atoms with Gasteiger partial charge in [-0.3, -0.25) is 9.69 Å². The van der Waals surface area contributed by atoms with E-state index in [-0.39, 0.29) is 5.91 Å². The fourth-order valence-electron chi connectivity index (χ4n) is 4.79. The average Bonchev–Trinajstić information content (AvgIpc) is 3.18. The van der Waals surface area contributed by atoms with Gasteiger partial charge in [-0.15, -0.1) is 10.2 Å². The molecular weight excluding hydrogens is 338 g/mol. The first-order chi connectivity index (χ1) is 13.2. The molecule has 0 bridgehead atoms. The first-order valence-corrected chi connectivity index (χ1v) is 10.2. The molecule has 1 aromatic heterocycles. The molecule has 2 atom stereocenters. The fraction of sp³-hybridized carbons (Fsp3) is 0.571. The number of likely N-dealkylation sites (tertiary alicyclic amines) is 1. The van der Waals surface area contributed by atoms with Crippen LogP contribution in [-0.2, 0) is 19.5 Å². The Balaban J connectivity index is 1.26. The lowest BCUT2D eigenvalue weighted by atomic mass is 9.89.